The van der Waals surface area contributed by atoms with Gasteiger partial charge in [-0.2, -0.15) is 0 Å². The molecule has 3 N–H and O–H groups in total. The van der Waals surface area contributed by atoms with Gasteiger partial charge >= 0.3 is 0 Å². The maximum absolute atomic E-state index is 6.13. The monoisotopic (exact) mass is 261 g/mol. The lowest BCUT2D eigenvalue weighted by atomic mass is 10.1. The first-order valence-electron chi connectivity index (χ1n) is 5.26. The minimum Gasteiger partial charge on any atom is -0.369 e. The van der Waals surface area contributed by atoms with Crippen LogP contribution in [-0.4, -0.2) is 26.2 Å². The fourth-order valence-corrected chi connectivity index (χ4v) is 2.20. The first-order valence-corrected chi connectivity index (χ1v) is 5.64. The standard InChI is InChI=1S/C11H16ClN3.ClH/c12-10-2-1-3-11(9(10)8-13)15-6-4-14-5-7-15;/h1-3,14H,4-8,13H2;1H. The van der Waals surface area contributed by atoms with E-state index in [2.05, 4.69) is 16.3 Å². The molecule has 1 aromatic rings. The maximum atomic E-state index is 6.13. The van der Waals surface area contributed by atoms with E-state index in [0.717, 1.165) is 36.8 Å². The molecular weight excluding hydrogens is 245 g/mol. The average molecular weight is 262 g/mol. The molecule has 1 fully saturated rings. The molecule has 0 saturated carbocycles. The molecule has 0 amide bonds. The summed E-state index contributed by atoms with van der Waals surface area (Å²) in [4.78, 5) is 2.34. The SMILES string of the molecule is Cl.NCc1c(Cl)cccc1N1CCNCC1. The average Bonchev–Trinajstić information content (AvgIpc) is 2.30. The van der Waals surface area contributed by atoms with Crippen LogP contribution in [0.1, 0.15) is 5.56 Å². The predicted octanol–water partition coefficient (Wildman–Crippen LogP) is 1.63. The van der Waals surface area contributed by atoms with E-state index >= 15 is 0 Å². The van der Waals surface area contributed by atoms with Gasteiger partial charge in [0, 0.05) is 49.0 Å². The Kier molecular flexibility index (Phi) is 5.35. The van der Waals surface area contributed by atoms with Crippen molar-refractivity contribution in [3.05, 3.63) is 28.8 Å². The smallest absolute Gasteiger partial charge is 0.0471 e. The summed E-state index contributed by atoms with van der Waals surface area (Å²) in [7, 11) is 0. The summed E-state index contributed by atoms with van der Waals surface area (Å²) in [5.74, 6) is 0. The Morgan fingerprint density at radius 3 is 2.62 bits per heavy atom. The lowest BCUT2D eigenvalue weighted by molar-refractivity contribution is 0.588. The molecule has 0 bridgehead atoms. The van der Waals surface area contributed by atoms with E-state index in [-0.39, 0.29) is 12.4 Å². The molecule has 1 aromatic carbocycles. The van der Waals surface area contributed by atoms with Gasteiger partial charge in [-0.25, -0.2) is 0 Å². The van der Waals surface area contributed by atoms with Gasteiger partial charge in [0.15, 0.2) is 0 Å². The van der Waals surface area contributed by atoms with Gasteiger partial charge in [-0.1, -0.05) is 17.7 Å². The Balaban J connectivity index is 0.00000128. The number of benzene rings is 1. The zero-order valence-corrected chi connectivity index (χ0v) is 10.7. The normalized spacial score (nSPS) is 15.8. The van der Waals surface area contributed by atoms with E-state index in [1.807, 2.05) is 12.1 Å². The van der Waals surface area contributed by atoms with E-state index in [4.69, 9.17) is 17.3 Å². The lowest BCUT2D eigenvalue weighted by Crippen LogP contribution is -2.44. The molecule has 0 unspecified atom stereocenters. The third kappa shape index (κ3) is 2.80. The Morgan fingerprint density at radius 1 is 1.31 bits per heavy atom. The number of rotatable bonds is 2. The van der Waals surface area contributed by atoms with Crippen LogP contribution in [0.5, 0.6) is 0 Å². The molecule has 16 heavy (non-hydrogen) atoms. The van der Waals surface area contributed by atoms with Gasteiger partial charge in [0.1, 0.15) is 0 Å². The van der Waals surface area contributed by atoms with Crippen LogP contribution in [0.3, 0.4) is 0 Å². The first-order chi connectivity index (χ1) is 7.33. The number of nitrogens with two attached hydrogens (primary N) is 1. The van der Waals surface area contributed by atoms with E-state index in [1.165, 1.54) is 5.69 Å². The van der Waals surface area contributed by atoms with Crippen LogP contribution in [0.25, 0.3) is 0 Å². The molecule has 2 rings (SSSR count). The molecule has 1 heterocycles. The molecule has 0 atom stereocenters. The van der Waals surface area contributed by atoms with Crippen molar-refractivity contribution in [2.75, 3.05) is 31.1 Å². The Labute approximate surface area is 107 Å². The minimum absolute atomic E-state index is 0. The van der Waals surface area contributed by atoms with Crippen LogP contribution in [0.2, 0.25) is 5.02 Å². The summed E-state index contributed by atoms with van der Waals surface area (Å²) < 4.78 is 0. The highest BCUT2D eigenvalue weighted by molar-refractivity contribution is 6.31. The molecule has 0 spiro atoms. The van der Waals surface area contributed by atoms with Gasteiger partial charge in [-0.15, -0.1) is 12.4 Å². The van der Waals surface area contributed by atoms with Crippen molar-refractivity contribution in [1.29, 1.82) is 0 Å². The van der Waals surface area contributed by atoms with Gasteiger partial charge in [0.05, 0.1) is 0 Å². The summed E-state index contributed by atoms with van der Waals surface area (Å²) >= 11 is 6.13. The van der Waals surface area contributed by atoms with Crippen LogP contribution in [-0.2, 0) is 6.54 Å². The molecule has 0 aliphatic carbocycles. The molecule has 5 heteroatoms. The Morgan fingerprint density at radius 2 is 2.00 bits per heavy atom. The molecule has 90 valence electrons. The van der Waals surface area contributed by atoms with Gasteiger partial charge < -0.3 is 16.0 Å². The number of hydrogen-bond donors (Lipinski definition) is 2. The van der Waals surface area contributed by atoms with E-state index < -0.39 is 0 Å². The topological polar surface area (TPSA) is 41.3 Å². The molecule has 3 nitrogen and oxygen atoms in total. The number of anilines is 1. The van der Waals surface area contributed by atoms with Crippen LogP contribution in [0.15, 0.2) is 18.2 Å². The highest BCUT2D eigenvalue weighted by Gasteiger charge is 2.14. The second-order valence-corrected chi connectivity index (χ2v) is 4.09. The predicted molar refractivity (Wildman–Crippen MR) is 71.7 cm³/mol. The minimum atomic E-state index is 0. The molecule has 0 radical (unpaired) electrons. The Hall–Kier alpha value is -0.480. The number of nitrogens with one attached hydrogen (secondary N) is 1. The second kappa shape index (κ2) is 6.30. The Bertz CT molecular complexity index is 338. The number of nitrogens with zero attached hydrogens (tertiary/aromatic N) is 1. The van der Waals surface area contributed by atoms with E-state index in [9.17, 15) is 0 Å². The van der Waals surface area contributed by atoms with Crippen LogP contribution in [0.4, 0.5) is 5.69 Å². The van der Waals surface area contributed by atoms with Crippen LogP contribution in [0, 0.1) is 0 Å². The summed E-state index contributed by atoms with van der Waals surface area (Å²) in [6.07, 6.45) is 0. The van der Waals surface area contributed by atoms with Gasteiger partial charge in [-0.05, 0) is 12.1 Å². The van der Waals surface area contributed by atoms with Crippen molar-refractivity contribution in [2.45, 2.75) is 6.54 Å². The zero-order valence-electron chi connectivity index (χ0n) is 9.08. The van der Waals surface area contributed by atoms with Crippen LogP contribution < -0.4 is 16.0 Å². The van der Waals surface area contributed by atoms with E-state index in [1.54, 1.807) is 0 Å². The molecule has 0 aromatic heterocycles. The number of piperazine rings is 1. The summed E-state index contributed by atoms with van der Waals surface area (Å²) in [6.45, 7) is 4.59. The quantitative estimate of drug-likeness (QED) is 0.851. The number of halogens is 2. The summed E-state index contributed by atoms with van der Waals surface area (Å²) in [6, 6.07) is 5.98. The van der Waals surface area contributed by atoms with Crippen molar-refractivity contribution in [3.8, 4) is 0 Å². The van der Waals surface area contributed by atoms with Crippen molar-refractivity contribution in [1.82, 2.24) is 5.32 Å². The molecule has 1 aliphatic rings. The molecule has 1 saturated heterocycles. The lowest BCUT2D eigenvalue weighted by Gasteiger charge is -2.31. The summed E-state index contributed by atoms with van der Waals surface area (Å²) in [5.41, 5.74) is 7.97. The van der Waals surface area contributed by atoms with E-state index in [0.29, 0.717) is 6.54 Å². The highest BCUT2D eigenvalue weighted by Crippen LogP contribution is 2.27. The van der Waals surface area contributed by atoms with Gasteiger partial charge in [-0.3, -0.25) is 0 Å². The third-order valence-corrected chi connectivity index (χ3v) is 3.11. The highest BCUT2D eigenvalue weighted by atomic mass is 35.5. The first kappa shape index (κ1) is 13.6. The molecule has 1 aliphatic heterocycles. The van der Waals surface area contributed by atoms with Crippen molar-refractivity contribution in [2.24, 2.45) is 5.73 Å². The van der Waals surface area contributed by atoms with Gasteiger partial charge in [0.2, 0.25) is 0 Å². The zero-order chi connectivity index (χ0) is 10.7. The van der Waals surface area contributed by atoms with Crippen molar-refractivity contribution in [3.63, 3.8) is 0 Å². The van der Waals surface area contributed by atoms with Crippen LogP contribution >= 0.6 is 24.0 Å². The summed E-state index contributed by atoms with van der Waals surface area (Å²) in [5, 5.41) is 4.10. The number of hydrogen-bond acceptors (Lipinski definition) is 3. The fourth-order valence-electron chi connectivity index (χ4n) is 1.95. The van der Waals surface area contributed by atoms with Crippen molar-refractivity contribution < 1.29 is 0 Å². The van der Waals surface area contributed by atoms with Gasteiger partial charge in [0.25, 0.3) is 0 Å². The fraction of sp³-hybridized carbons (Fsp3) is 0.455. The third-order valence-electron chi connectivity index (χ3n) is 2.76. The largest absolute Gasteiger partial charge is 0.369 e. The van der Waals surface area contributed by atoms with Crippen molar-refractivity contribution >= 4 is 29.7 Å². The second-order valence-electron chi connectivity index (χ2n) is 3.68. The maximum Gasteiger partial charge on any atom is 0.0471 e. The molecular formula is C11H17Cl2N3.